The van der Waals surface area contributed by atoms with Gasteiger partial charge in [-0.3, -0.25) is 9.59 Å². The van der Waals surface area contributed by atoms with Crippen molar-refractivity contribution in [3.8, 4) is 11.6 Å². The number of hydrogen-bond acceptors (Lipinski definition) is 8. The van der Waals surface area contributed by atoms with Crippen LogP contribution in [0.2, 0.25) is 0 Å². The highest BCUT2D eigenvalue weighted by atomic mass is 16.6. The third kappa shape index (κ3) is 5.84. The number of aromatic nitrogens is 2. The first-order valence-corrected chi connectivity index (χ1v) is 16.3. The van der Waals surface area contributed by atoms with Gasteiger partial charge < -0.3 is 24.4 Å². The van der Waals surface area contributed by atoms with E-state index >= 15 is 0 Å². The van der Waals surface area contributed by atoms with Gasteiger partial charge in [-0.1, -0.05) is 39.5 Å². The number of carbonyl (C=O) groups excluding carboxylic acids is 3. The number of carbonyl (C=O) groups is 3. The molecule has 2 aliphatic carbocycles. The number of ketones is 1. The molecule has 6 rings (SSSR count). The van der Waals surface area contributed by atoms with E-state index in [1.54, 1.807) is 12.0 Å². The van der Waals surface area contributed by atoms with Crippen LogP contribution in [0.4, 0.5) is 4.79 Å². The van der Waals surface area contributed by atoms with Crippen LogP contribution in [-0.4, -0.2) is 70.1 Å². The fraction of sp³-hybridized carbons (Fsp3) is 0.676. The molecule has 2 bridgehead atoms. The predicted octanol–water partition coefficient (Wildman–Crippen LogP) is 5.39. The number of rotatable bonds is 3. The maximum atomic E-state index is 14.5. The van der Waals surface area contributed by atoms with Crippen LogP contribution in [0.15, 0.2) is 18.2 Å². The zero-order valence-electron chi connectivity index (χ0n) is 26.7. The molecule has 2 amide bonds. The highest BCUT2D eigenvalue weighted by Gasteiger charge is 2.55. The van der Waals surface area contributed by atoms with Crippen LogP contribution in [-0.2, 0) is 20.7 Å². The Morgan fingerprint density at radius 3 is 2.57 bits per heavy atom. The van der Waals surface area contributed by atoms with Gasteiger partial charge in [0.05, 0.1) is 30.7 Å². The average molecular weight is 607 g/mol. The molecular formula is C34H46N4O6. The molecule has 4 aliphatic rings. The van der Waals surface area contributed by atoms with E-state index in [-0.39, 0.29) is 24.2 Å². The quantitative estimate of drug-likeness (QED) is 0.494. The Morgan fingerprint density at radius 1 is 1.07 bits per heavy atom. The van der Waals surface area contributed by atoms with Crippen LogP contribution in [0.25, 0.3) is 11.0 Å². The van der Waals surface area contributed by atoms with Gasteiger partial charge in [-0.05, 0) is 69.9 Å². The molecule has 6 atom stereocenters. The van der Waals surface area contributed by atoms with Gasteiger partial charge in [0.1, 0.15) is 29.2 Å². The number of fused-ring (bicyclic) bond motifs is 5. The van der Waals surface area contributed by atoms with Crippen molar-refractivity contribution in [2.75, 3.05) is 13.7 Å². The number of methoxy groups -OCH3 is 1. The van der Waals surface area contributed by atoms with Gasteiger partial charge in [0, 0.05) is 17.9 Å². The van der Waals surface area contributed by atoms with E-state index in [1.807, 2.05) is 32.0 Å². The Kier molecular flexibility index (Phi) is 8.22. The third-order valence-electron chi connectivity index (χ3n) is 10.8. The third-order valence-corrected chi connectivity index (χ3v) is 10.8. The Labute approximate surface area is 259 Å². The molecular weight excluding hydrogens is 560 g/mol. The summed E-state index contributed by atoms with van der Waals surface area (Å²) in [7, 11) is 1.62. The van der Waals surface area contributed by atoms with E-state index in [2.05, 4.69) is 12.2 Å². The van der Waals surface area contributed by atoms with Gasteiger partial charge >= 0.3 is 6.09 Å². The number of nitrogens with zero attached hydrogens (tertiary/aromatic N) is 3. The summed E-state index contributed by atoms with van der Waals surface area (Å²) in [5.74, 6) is 0.779. The molecule has 1 saturated heterocycles. The summed E-state index contributed by atoms with van der Waals surface area (Å²) < 4.78 is 18.0. The summed E-state index contributed by atoms with van der Waals surface area (Å²) in [6, 6.07) is 4.15. The molecule has 2 aromatic rings. The summed E-state index contributed by atoms with van der Waals surface area (Å²) in [5, 5.41) is 3.00. The highest BCUT2D eigenvalue weighted by Crippen LogP contribution is 2.50. The molecule has 0 radical (unpaired) electrons. The SMILES string of the molecule is COc1ccc2nc3c(nc2c1)O[C@H]1CN(C(=O)[C@H](C2(C)CCCC2)NC(=O)O[C@]2(C)C[C@H]2CCCCC3)[C@H](C(C)=O)[C@@H]1C. The lowest BCUT2D eigenvalue weighted by atomic mass is 9.79. The van der Waals surface area contributed by atoms with Gasteiger partial charge in [-0.15, -0.1) is 0 Å². The molecule has 10 nitrogen and oxygen atoms in total. The second-order valence-corrected chi connectivity index (χ2v) is 14.0. The van der Waals surface area contributed by atoms with Gasteiger partial charge in [0.2, 0.25) is 11.8 Å². The summed E-state index contributed by atoms with van der Waals surface area (Å²) in [6.45, 7) is 7.74. The Hall–Kier alpha value is -3.43. The molecule has 1 aromatic carbocycles. The Balaban J connectivity index is 1.37. The number of ether oxygens (including phenoxy) is 3. The summed E-state index contributed by atoms with van der Waals surface area (Å²) >= 11 is 0. The first kappa shape index (κ1) is 30.6. The fourth-order valence-electron chi connectivity index (χ4n) is 7.86. The topological polar surface area (TPSA) is 120 Å². The second kappa shape index (κ2) is 11.8. The second-order valence-electron chi connectivity index (χ2n) is 14.0. The zero-order chi connectivity index (χ0) is 31.2. The van der Waals surface area contributed by atoms with Crippen LogP contribution in [0.3, 0.4) is 0 Å². The van der Waals surface area contributed by atoms with Gasteiger partial charge in [0.15, 0.2) is 5.78 Å². The van der Waals surface area contributed by atoms with Crippen LogP contribution in [0, 0.1) is 17.3 Å². The molecule has 10 heteroatoms. The van der Waals surface area contributed by atoms with Crippen molar-refractivity contribution in [2.45, 2.75) is 116 Å². The van der Waals surface area contributed by atoms with Crippen molar-refractivity contribution in [3.63, 3.8) is 0 Å². The number of aryl methyl sites for hydroxylation is 1. The van der Waals surface area contributed by atoms with Crippen LogP contribution in [0.1, 0.15) is 91.2 Å². The lowest BCUT2D eigenvalue weighted by molar-refractivity contribution is -0.142. The van der Waals surface area contributed by atoms with Gasteiger partial charge in [0.25, 0.3) is 0 Å². The van der Waals surface area contributed by atoms with Gasteiger partial charge in [-0.2, -0.15) is 0 Å². The zero-order valence-corrected chi connectivity index (χ0v) is 26.7. The van der Waals surface area contributed by atoms with Crippen molar-refractivity contribution in [1.82, 2.24) is 20.2 Å². The number of amides is 2. The van der Waals surface area contributed by atoms with E-state index in [4.69, 9.17) is 24.2 Å². The molecule has 3 fully saturated rings. The maximum absolute atomic E-state index is 14.5. The van der Waals surface area contributed by atoms with Crippen LogP contribution < -0.4 is 14.8 Å². The van der Waals surface area contributed by atoms with E-state index in [0.29, 0.717) is 29.5 Å². The van der Waals surface area contributed by atoms with E-state index in [1.165, 1.54) is 6.92 Å². The number of benzene rings is 1. The number of nitrogens with one attached hydrogen (secondary N) is 1. The van der Waals surface area contributed by atoms with Gasteiger partial charge in [-0.25, -0.2) is 14.8 Å². The molecule has 1 aromatic heterocycles. The van der Waals surface area contributed by atoms with Crippen LogP contribution >= 0.6 is 0 Å². The number of hydrogen-bond donors (Lipinski definition) is 1. The molecule has 1 N–H and O–H groups in total. The molecule has 3 heterocycles. The van der Waals surface area contributed by atoms with Crippen molar-refractivity contribution in [3.05, 3.63) is 23.9 Å². The molecule has 2 aliphatic heterocycles. The number of Topliss-reactive ketones (excluding diaryl/α,β-unsaturated/α-hetero) is 1. The van der Waals surface area contributed by atoms with E-state index < -0.39 is 35.3 Å². The average Bonchev–Trinajstić information content (AvgIpc) is 3.26. The van der Waals surface area contributed by atoms with E-state index in [0.717, 1.165) is 69.0 Å². The predicted molar refractivity (Wildman–Crippen MR) is 165 cm³/mol. The Bertz CT molecular complexity index is 1440. The monoisotopic (exact) mass is 606 g/mol. The summed E-state index contributed by atoms with van der Waals surface area (Å²) in [5.41, 5.74) is 1.27. The smallest absolute Gasteiger partial charge is 0.408 e. The minimum atomic E-state index is -0.798. The molecule has 238 valence electrons. The summed E-state index contributed by atoms with van der Waals surface area (Å²) in [6.07, 6.45) is 8.04. The lowest BCUT2D eigenvalue weighted by Gasteiger charge is -2.37. The minimum Gasteiger partial charge on any atom is -0.497 e. The Morgan fingerprint density at radius 2 is 1.84 bits per heavy atom. The molecule has 2 saturated carbocycles. The van der Waals surface area contributed by atoms with Crippen molar-refractivity contribution in [2.24, 2.45) is 17.3 Å². The summed E-state index contributed by atoms with van der Waals surface area (Å²) in [4.78, 5) is 52.4. The molecule has 0 spiro atoms. The first-order chi connectivity index (χ1) is 21.0. The van der Waals surface area contributed by atoms with Crippen LogP contribution in [0.5, 0.6) is 11.6 Å². The first-order valence-electron chi connectivity index (χ1n) is 16.3. The van der Waals surface area contributed by atoms with Crippen molar-refractivity contribution < 1.29 is 28.6 Å². The minimum absolute atomic E-state index is 0.108. The molecule has 44 heavy (non-hydrogen) atoms. The largest absolute Gasteiger partial charge is 0.497 e. The van der Waals surface area contributed by atoms with E-state index in [9.17, 15) is 14.4 Å². The molecule has 0 unspecified atom stereocenters. The standard InChI is InChI=1S/C34H46N4O6/c1-20-27-19-38(28(20)21(2)39)31(40)29(33(3)15-9-10-16-33)37-32(41)44-34(4)18-22(34)11-7-6-8-12-25-30(43-27)36-26-17-23(42-5)13-14-24(26)35-25/h13-14,17,20,22,27-29H,6-12,15-16,18-19H2,1-5H3,(H,37,41)/t20-,22-,27+,28+,29-,34-/m1/s1. The lowest BCUT2D eigenvalue weighted by Crippen LogP contribution is -2.58. The number of alkyl carbamates (subject to hydrolysis) is 1. The van der Waals surface area contributed by atoms with Crippen molar-refractivity contribution in [1.29, 1.82) is 0 Å². The maximum Gasteiger partial charge on any atom is 0.408 e. The van der Waals surface area contributed by atoms with Crippen molar-refractivity contribution >= 4 is 28.8 Å². The normalized spacial score (nSPS) is 32.4. The fourth-order valence-corrected chi connectivity index (χ4v) is 7.86. The highest BCUT2D eigenvalue weighted by molar-refractivity contribution is 5.92.